The topological polar surface area (TPSA) is 71.6 Å². The molecule has 18 heteroatoms. The van der Waals surface area contributed by atoms with E-state index in [1.807, 2.05) is 17.0 Å². The summed E-state index contributed by atoms with van der Waals surface area (Å²) in [6.07, 6.45) is -8.18. The molecule has 3 aromatic carbocycles. The predicted octanol–water partition coefficient (Wildman–Crippen LogP) is 8.47. The molecule has 4 aliphatic rings. The number of carbonyl (C=O) groups excluding carboxylic acids is 2. The van der Waals surface area contributed by atoms with Crippen LogP contribution in [0.25, 0.3) is 0 Å². The Hall–Kier alpha value is -2.82. The number of hydrogen-bond acceptors (Lipinski definition) is 7. The van der Waals surface area contributed by atoms with Crippen LogP contribution >= 0.6 is 48.0 Å². The molecule has 3 saturated heterocycles. The lowest BCUT2D eigenvalue weighted by Crippen LogP contribution is -2.54. The Morgan fingerprint density at radius 3 is 2.09 bits per heavy atom. The van der Waals surface area contributed by atoms with Crippen LogP contribution in [-0.4, -0.2) is 105 Å². The second-order valence-corrected chi connectivity index (χ2v) is 15.8. The molecule has 3 heterocycles. The van der Waals surface area contributed by atoms with Crippen molar-refractivity contribution in [1.29, 1.82) is 0 Å². The van der Waals surface area contributed by atoms with Crippen LogP contribution in [0, 0.1) is 0 Å². The lowest BCUT2D eigenvalue weighted by molar-refractivity contribution is -0.156. The summed E-state index contributed by atoms with van der Waals surface area (Å²) >= 11 is 12.7. The average molecular weight is 902 g/mol. The first-order valence-corrected chi connectivity index (χ1v) is 19.3. The number of morpholine rings is 2. The van der Waals surface area contributed by atoms with Crippen molar-refractivity contribution in [3.05, 3.63) is 104 Å². The van der Waals surface area contributed by atoms with Crippen molar-refractivity contribution < 1.29 is 50.1 Å². The molecule has 2 atom stereocenters. The number of amides is 1. The van der Waals surface area contributed by atoms with Crippen LogP contribution in [0.5, 0.6) is 0 Å². The molecule has 0 aromatic heterocycles. The monoisotopic (exact) mass is 899 g/mol. The highest BCUT2D eigenvalue weighted by molar-refractivity contribution is 6.42. The molecular formula is C40H43Cl4F6N3O5. The molecule has 0 unspecified atom stereocenters. The first kappa shape index (κ1) is 46.2. The van der Waals surface area contributed by atoms with E-state index in [1.165, 1.54) is 10.5 Å². The Morgan fingerprint density at radius 1 is 0.793 bits per heavy atom. The third-order valence-corrected chi connectivity index (χ3v) is 12.4. The van der Waals surface area contributed by atoms with Crippen LogP contribution in [0.1, 0.15) is 57.4 Å². The number of benzene rings is 3. The highest BCUT2D eigenvalue weighted by Crippen LogP contribution is 2.48. The number of esters is 1. The molecule has 8 nitrogen and oxygen atoms in total. The molecule has 0 saturated carbocycles. The van der Waals surface area contributed by atoms with Crippen molar-refractivity contribution in [1.82, 2.24) is 14.7 Å². The normalized spacial score (nSPS) is 22.5. The third kappa shape index (κ3) is 9.86. The highest BCUT2D eigenvalue weighted by atomic mass is 35.5. The molecule has 1 amide bonds. The molecule has 3 aromatic rings. The Morgan fingerprint density at radius 2 is 1.45 bits per heavy atom. The van der Waals surface area contributed by atoms with E-state index in [9.17, 15) is 35.9 Å². The summed E-state index contributed by atoms with van der Waals surface area (Å²) in [6, 6.07) is 14.0. The summed E-state index contributed by atoms with van der Waals surface area (Å²) in [6.45, 7) is 4.22. The van der Waals surface area contributed by atoms with E-state index >= 15 is 0 Å². The number of ether oxygens (including phenoxy) is 3. The number of hydrogen-bond donors (Lipinski definition) is 0. The van der Waals surface area contributed by atoms with Gasteiger partial charge in [0.2, 0.25) is 0 Å². The molecular weight excluding hydrogens is 858 g/mol. The Bertz CT molecular complexity index is 1910. The van der Waals surface area contributed by atoms with Crippen LogP contribution < -0.4 is 0 Å². The number of likely N-dealkylation sites (tertiary alicyclic amines) is 1. The number of carbonyl (C=O) groups is 2. The van der Waals surface area contributed by atoms with Gasteiger partial charge in [-0.3, -0.25) is 14.5 Å². The van der Waals surface area contributed by atoms with Crippen molar-refractivity contribution in [2.75, 3.05) is 72.2 Å². The Kier molecular flexibility index (Phi) is 14.7. The lowest BCUT2D eigenvalue weighted by atomic mass is 9.72. The van der Waals surface area contributed by atoms with Crippen LogP contribution in [0.2, 0.25) is 10.0 Å². The van der Waals surface area contributed by atoms with E-state index in [-0.39, 0.29) is 84.7 Å². The molecule has 7 rings (SSSR count). The minimum absolute atomic E-state index is 0. The van der Waals surface area contributed by atoms with Crippen LogP contribution in [-0.2, 0) is 48.8 Å². The van der Waals surface area contributed by atoms with Crippen molar-refractivity contribution >= 4 is 59.9 Å². The maximum Gasteiger partial charge on any atom is 0.416 e. The van der Waals surface area contributed by atoms with Gasteiger partial charge in [0.1, 0.15) is 11.7 Å². The zero-order valence-corrected chi connectivity index (χ0v) is 34.3. The van der Waals surface area contributed by atoms with Crippen molar-refractivity contribution in [3.8, 4) is 0 Å². The van der Waals surface area contributed by atoms with Gasteiger partial charge in [-0.25, -0.2) is 0 Å². The maximum atomic E-state index is 13.8. The molecule has 3 aliphatic heterocycles. The number of nitrogens with zero attached hydrogens (tertiary/aromatic N) is 3. The van der Waals surface area contributed by atoms with Crippen LogP contribution in [0.15, 0.2) is 60.7 Å². The SMILES string of the molecule is Cl.Cl.O=C(CN1CCOCC1)O[C@H]1Cc2ccccc2C12CCN(CC[C@@]1(c3ccc(Cl)c(Cl)c3)CN(C(=O)c3cc(C(F)(F)F)cc(C(F)(F)F)c3)CCO1)CC2. The minimum atomic E-state index is -5.11. The van der Waals surface area contributed by atoms with Gasteiger partial charge in [0.25, 0.3) is 5.91 Å². The molecule has 1 aliphatic carbocycles. The largest absolute Gasteiger partial charge is 0.460 e. The van der Waals surface area contributed by atoms with Crippen molar-refractivity contribution in [2.24, 2.45) is 0 Å². The molecule has 3 fully saturated rings. The maximum absolute atomic E-state index is 13.8. The Labute approximate surface area is 354 Å². The van der Waals surface area contributed by atoms with Gasteiger partial charge in [-0.15, -0.1) is 24.8 Å². The average Bonchev–Trinajstić information content (AvgIpc) is 3.46. The molecule has 58 heavy (non-hydrogen) atoms. The van der Waals surface area contributed by atoms with E-state index in [4.69, 9.17) is 37.4 Å². The van der Waals surface area contributed by atoms with Crippen LogP contribution in [0.3, 0.4) is 0 Å². The second-order valence-electron chi connectivity index (χ2n) is 15.0. The van der Waals surface area contributed by atoms with E-state index in [2.05, 4.69) is 17.0 Å². The van der Waals surface area contributed by atoms with Crippen molar-refractivity contribution in [3.63, 3.8) is 0 Å². The van der Waals surface area contributed by atoms with Gasteiger partial charge >= 0.3 is 18.3 Å². The minimum Gasteiger partial charge on any atom is -0.460 e. The van der Waals surface area contributed by atoms with E-state index in [0.29, 0.717) is 89.3 Å². The van der Waals surface area contributed by atoms with Gasteiger partial charge < -0.3 is 24.0 Å². The first-order chi connectivity index (χ1) is 26.6. The Balaban J connectivity index is 0.00000320. The number of fused-ring (bicyclic) bond motifs is 2. The van der Waals surface area contributed by atoms with Gasteiger partial charge in [-0.05, 0) is 79.4 Å². The van der Waals surface area contributed by atoms with E-state index in [0.717, 1.165) is 5.56 Å². The van der Waals surface area contributed by atoms with Crippen molar-refractivity contribution in [2.45, 2.75) is 55.2 Å². The molecule has 0 N–H and O–H groups in total. The van der Waals surface area contributed by atoms with E-state index in [1.54, 1.807) is 18.2 Å². The van der Waals surface area contributed by atoms with E-state index < -0.39 is 40.6 Å². The summed E-state index contributed by atoms with van der Waals surface area (Å²) in [5.41, 5.74) is -2.55. The molecule has 0 bridgehead atoms. The zero-order chi connectivity index (χ0) is 39.9. The fraction of sp³-hybridized carbons (Fsp3) is 0.500. The zero-order valence-electron chi connectivity index (χ0n) is 31.2. The summed E-state index contributed by atoms with van der Waals surface area (Å²) in [7, 11) is 0. The number of piperidine rings is 1. The van der Waals surface area contributed by atoms with Gasteiger partial charge in [0, 0.05) is 43.6 Å². The third-order valence-electron chi connectivity index (χ3n) is 11.6. The lowest BCUT2D eigenvalue weighted by Gasteiger charge is -2.46. The standard InChI is InChI=1S/C40H41Cl2F6N3O5.2ClH/c41-32-6-5-28(23-33(32)42)38(25-51(15-18-55-38)36(53)27-19-29(39(43,44)45)22-30(20-27)40(46,47)48)9-12-49-10-7-37(8-11-49)31-4-2-1-3-26(31)21-34(37)56-35(52)24-50-13-16-54-17-14-50;;/h1-6,19-20,22-23,34H,7-18,21,24-25H2;2*1H/t34-,38-;;/m0../s1. The number of halogens is 10. The van der Waals surface area contributed by atoms with Gasteiger partial charge in [0.05, 0.1) is 54.1 Å². The quantitative estimate of drug-likeness (QED) is 0.166. The smallest absolute Gasteiger partial charge is 0.416 e. The summed E-state index contributed by atoms with van der Waals surface area (Å²) in [4.78, 5) is 32.5. The van der Waals surface area contributed by atoms with Gasteiger partial charge in [0.15, 0.2) is 0 Å². The van der Waals surface area contributed by atoms with Gasteiger partial charge in [-0.1, -0.05) is 53.5 Å². The summed E-state index contributed by atoms with van der Waals surface area (Å²) < 4.78 is 100. The highest BCUT2D eigenvalue weighted by Gasteiger charge is 2.51. The molecule has 0 radical (unpaired) electrons. The van der Waals surface area contributed by atoms with Crippen LogP contribution in [0.4, 0.5) is 26.3 Å². The fourth-order valence-corrected chi connectivity index (χ4v) is 8.92. The summed E-state index contributed by atoms with van der Waals surface area (Å²) in [5, 5.41) is 0.494. The predicted molar refractivity (Wildman–Crippen MR) is 210 cm³/mol. The first-order valence-electron chi connectivity index (χ1n) is 18.5. The second kappa shape index (κ2) is 18.4. The fourth-order valence-electron chi connectivity index (χ4n) is 8.62. The van der Waals surface area contributed by atoms with Gasteiger partial charge in [-0.2, -0.15) is 26.3 Å². The molecule has 1 spiro atoms. The summed E-state index contributed by atoms with van der Waals surface area (Å²) in [5.74, 6) is -1.24. The molecule has 318 valence electrons. The number of rotatable bonds is 8. The number of alkyl halides is 6.